The highest BCUT2D eigenvalue weighted by atomic mass is 32.1. The van der Waals surface area contributed by atoms with Gasteiger partial charge < -0.3 is 20.1 Å². The van der Waals surface area contributed by atoms with Crippen LogP contribution < -0.4 is 5.32 Å². The second kappa shape index (κ2) is 6.56. The van der Waals surface area contributed by atoms with Gasteiger partial charge in [-0.15, -0.1) is 11.3 Å². The molecule has 0 spiro atoms. The van der Waals surface area contributed by atoms with Crippen molar-refractivity contribution in [2.75, 3.05) is 25.0 Å². The minimum Gasteiger partial charge on any atom is -0.465 e. The molecule has 2 N–H and O–H groups in total. The van der Waals surface area contributed by atoms with Crippen LogP contribution >= 0.6 is 11.3 Å². The van der Waals surface area contributed by atoms with E-state index >= 15 is 0 Å². The van der Waals surface area contributed by atoms with Crippen LogP contribution in [0.2, 0.25) is 0 Å². The van der Waals surface area contributed by atoms with Crippen LogP contribution in [0.3, 0.4) is 0 Å². The van der Waals surface area contributed by atoms with Crippen LogP contribution in [-0.2, 0) is 4.74 Å². The molecular formula is C12H17N3O4S. The van der Waals surface area contributed by atoms with Gasteiger partial charge in [-0.05, 0) is 19.8 Å². The second-order valence-electron chi connectivity index (χ2n) is 4.45. The number of esters is 1. The van der Waals surface area contributed by atoms with Crippen molar-refractivity contribution in [3.05, 3.63) is 11.1 Å². The van der Waals surface area contributed by atoms with Gasteiger partial charge in [-0.3, -0.25) is 0 Å². The molecule has 2 heterocycles. The van der Waals surface area contributed by atoms with Crippen molar-refractivity contribution >= 4 is 28.5 Å². The highest BCUT2D eigenvalue weighted by Gasteiger charge is 2.23. The lowest BCUT2D eigenvalue weighted by Crippen LogP contribution is -2.41. The Kier molecular flexibility index (Phi) is 4.78. The summed E-state index contributed by atoms with van der Waals surface area (Å²) in [5.41, 5.74) is 0.308. The third kappa shape index (κ3) is 3.60. The topological polar surface area (TPSA) is 91.8 Å². The van der Waals surface area contributed by atoms with E-state index in [1.165, 1.54) is 16.2 Å². The van der Waals surface area contributed by atoms with E-state index in [9.17, 15) is 9.59 Å². The number of carboxylic acid groups (broad SMARTS) is 1. The Morgan fingerprint density at radius 3 is 2.85 bits per heavy atom. The van der Waals surface area contributed by atoms with Crippen molar-refractivity contribution in [3.63, 3.8) is 0 Å². The summed E-state index contributed by atoms with van der Waals surface area (Å²) < 4.78 is 4.88. The summed E-state index contributed by atoms with van der Waals surface area (Å²) in [6.45, 7) is 3.11. The molecule has 8 heteroatoms. The first kappa shape index (κ1) is 14.6. The Morgan fingerprint density at radius 1 is 1.55 bits per heavy atom. The standard InChI is InChI=1S/C12H17N3O4S/c1-2-19-10(16)9-7-20-11(14-9)13-8-3-5-15(6-4-8)12(17)18/h7-8H,2-6H2,1H3,(H,13,14)(H,17,18). The smallest absolute Gasteiger partial charge is 0.407 e. The van der Waals surface area contributed by atoms with E-state index in [0.29, 0.717) is 30.5 Å². The van der Waals surface area contributed by atoms with Gasteiger partial charge in [0.25, 0.3) is 0 Å². The zero-order chi connectivity index (χ0) is 14.5. The Morgan fingerprint density at radius 2 is 2.25 bits per heavy atom. The fourth-order valence-corrected chi connectivity index (χ4v) is 2.79. The number of hydrogen-bond acceptors (Lipinski definition) is 6. The van der Waals surface area contributed by atoms with E-state index in [0.717, 1.165) is 12.8 Å². The van der Waals surface area contributed by atoms with Crippen LogP contribution in [0.15, 0.2) is 5.38 Å². The minimum absolute atomic E-state index is 0.187. The van der Waals surface area contributed by atoms with Crippen LogP contribution in [0.4, 0.5) is 9.93 Å². The summed E-state index contributed by atoms with van der Waals surface area (Å²) in [4.78, 5) is 27.9. The molecule has 0 saturated carbocycles. The number of likely N-dealkylation sites (tertiary alicyclic amines) is 1. The summed E-state index contributed by atoms with van der Waals surface area (Å²) in [5.74, 6) is -0.419. The number of thiazole rings is 1. The summed E-state index contributed by atoms with van der Waals surface area (Å²) in [7, 11) is 0. The first-order valence-electron chi connectivity index (χ1n) is 6.47. The predicted molar refractivity (Wildman–Crippen MR) is 74.3 cm³/mol. The molecule has 1 saturated heterocycles. The van der Waals surface area contributed by atoms with Gasteiger partial charge in [0.2, 0.25) is 0 Å². The fourth-order valence-electron chi connectivity index (χ4n) is 2.03. The quantitative estimate of drug-likeness (QED) is 0.825. The van der Waals surface area contributed by atoms with Crippen molar-refractivity contribution in [2.24, 2.45) is 0 Å². The van der Waals surface area contributed by atoms with Gasteiger partial charge in [0.15, 0.2) is 10.8 Å². The monoisotopic (exact) mass is 299 g/mol. The number of rotatable bonds is 4. The van der Waals surface area contributed by atoms with Crippen molar-refractivity contribution in [1.82, 2.24) is 9.88 Å². The minimum atomic E-state index is -0.873. The maximum Gasteiger partial charge on any atom is 0.407 e. The average molecular weight is 299 g/mol. The number of anilines is 1. The number of piperidine rings is 1. The zero-order valence-electron chi connectivity index (χ0n) is 11.2. The van der Waals surface area contributed by atoms with E-state index in [-0.39, 0.29) is 6.04 Å². The van der Waals surface area contributed by atoms with Gasteiger partial charge in [-0.25, -0.2) is 14.6 Å². The van der Waals surface area contributed by atoms with Gasteiger partial charge >= 0.3 is 12.1 Å². The van der Waals surface area contributed by atoms with Crippen LogP contribution in [-0.4, -0.2) is 52.8 Å². The molecule has 7 nitrogen and oxygen atoms in total. The van der Waals surface area contributed by atoms with Crippen LogP contribution in [0.25, 0.3) is 0 Å². The molecule has 0 aliphatic carbocycles. The third-order valence-corrected chi connectivity index (χ3v) is 3.86. The number of hydrogen-bond donors (Lipinski definition) is 2. The van der Waals surface area contributed by atoms with Crippen molar-refractivity contribution in [3.8, 4) is 0 Å². The molecule has 1 aliphatic rings. The lowest BCUT2D eigenvalue weighted by Gasteiger charge is -2.30. The maximum atomic E-state index is 11.5. The van der Waals surface area contributed by atoms with Gasteiger partial charge in [-0.1, -0.05) is 0 Å². The molecule has 2 rings (SSSR count). The number of nitrogens with zero attached hydrogens (tertiary/aromatic N) is 2. The zero-order valence-corrected chi connectivity index (χ0v) is 12.0. The van der Waals surface area contributed by atoms with Gasteiger partial charge in [0, 0.05) is 24.5 Å². The summed E-state index contributed by atoms with van der Waals surface area (Å²) >= 11 is 1.35. The molecule has 1 aromatic rings. The van der Waals surface area contributed by atoms with Crippen molar-refractivity contribution < 1.29 is 19.4 Å². The molecule has 0 atom stereocenters. The molecule has 0 radical (unpaired) electrons. The molecule has 1 aliphatic heterocycles. The number of carbonyl (C=O) groups is 2. The van der Waals surface area contributed by atoms with Gasteiger partial charge in [-0.2, -0.15) is 0 Å². The molecule has 1 aromatic heterocycles. The van der Waals surface area contributed by atoms with Crippen LogP contribution in [0, 0.1) is 0 Å². The molecule has 110 valence electrons. The van der Waals surface area contributed by atoms with E-state index in [1.807, 2.05) is 0 Å². The highest BCUT2D eigenvalue weighted by Crippen LogP contribution is 2.20. The number of aromatic nitrogens is 1. The van der Waals surface area contributed by atoms with E-state index < -0.39 is 12.1 Å². The Labute approximate surface area is 120 Å². The summed E-state index contributed by atoms with van der Waals surface area (Å²) in [6.07, 6.45) is 0.601. The van der Waals surface area contributed by atoms with Crippen molar-refractivity contribution in [1.29, 1.82) is 0 Å². The fraction of sp³-hybridized carbons (Fsp3) is 0.583. The first-order valence-corrected chi connectivity index (χ1v) is 7.35. The lowest BCUT2D eigenvalue weighted by molar-refractivity contribution is 0.0520. The van der Waals surface area contributed by atoms with Gasteiger partial charge in [0.1, 0.15) is 0 Å². The first-order chi connectivity index (χ1) is 9.60. The highest BCUT2D eigenvalue weighted by molar-refractivity contribution is 7.13. The van der Waals surface area contributed by atoms with E-state index in [1.54, 1.807) is 12.3 Å². The number of carbonyl (C=O) groups excluding carboxylic acids is 1. The molecule has 0 aromatic carbocycles. The molecule has 20 heavy (non-hydrogen) atoms. The van der Waals surface area contributed by atoms with E-state index in [2.05, 4.69) is 10.3 Å². The Hall–Kier alpha value is -1.83. The number of nitrogens with one attached hydrogen (secondary N) is 1. The average Bonchev–Trinajstić information content (AvgIpc) is 2.88. The largest absolute Gasteiger partial charge is 0.465 e. The van der Waals surface area contributed by atoms with Crippen LogP contribution in [0.1, 0.15) is 30.3 Å². The Bertz CT molecular complexity index is 483. The molecular weight excluding hydrogens is 282 g/mol. The predicted octanol–water partition coefficient (Wildman–Crippen LogP) is 1.87. The number of amides is 1. The molecule has 0 bridgehead atoms. The molecule has 0 unspecified atom stereocenters. The lowest BCUT2D eigenvalue weighted by atomic mass is 10.1. The number of ether oxygens (including phenoxy) is 1. The summed E-state index contributed by atoms with van der Waals surface area (Å²) in [5, 5.41) is 14.4. The second-order valence-corrected chi connectivity index (χ2v) is 5.30. The Balaban J connectivity index is 1.86. The van der Waals surface area contributed by atoms with E-state index in [4.69, 9.17) is 9.84 Å². The van der Waals surface area contributed by atoms with Crippen molar-refractivity contribution in [2.45, 2.75) is 25.8 Å². The SMILES string of the molecule is CCOC(=O)c1csc(NC2CCN(C(=O)O)CC2)n1. The normalized spacial score (nSPS) is 15.9. The molecule has 1 fully saturated rings. The third-order valence-electron chi connectivity index (χ3n) is 3.08. The molecule has 1 amide bonds. The van der Waals surface area contributed by atoms with Gasteiger partial charge in [0.05, 0.1) is 6.61 Å². The summed E-state index contributed by atoms with van der Waals surface area (Å²) in [6, 6.07) is 0.187. The van der Waals surface area contributed by atoms with Crippen LogP contribution in [0.5, 0.6) is 0 Å². The maximum absolute atomic E-state index is 11.5.